The molecule has 0 bridgehead atoms. The first-order chi connectivity index (χ1) is 6.26. The van der Waals surface area contributed by atoms with Crippen LogP contribution in [0.25, 0.3) is 0 Å². The molecule has 3 heteroatoms. The molecule has 0 radical (unpaired) electrons. The molecule has 0 aliphatic carbocycles. The van der Waals surface area contributed by atoms with E-state index in [1.807, 2.05) is 25.7 Å². The van der Waals surface area contributed by atoms with Gasteiger partial charge in [-0.3, -0.25) is 4.79 Å². The molecule has 1 fully saturated rings. The van der Waals surface area contributed by atoms with E-state index in [1.54, 1.807) is 6.07 Å². The Morgan fingerprint density at radius 2 is 2.00 bits per heavy atom. The number of hydrogen-bond donors (Lipinski definition) is 0. The Bertz CT molecular complexity index is 161. The Morgan fingerprint density at radius 1 is 1.54 bits per heavy atom. The highest BCUT2D eigenvalue weighted by molar-refractivity contribution is 5.77. The van der Waals surface area contributed by atoms with Gasteiger partial charge in [-0.1, -0.05) is 13.8 Å². The van der Waals surface area contributed by atoms with Crippen LogP contribution in [-0.2, 0) is 4.79 Å². The Morgan fingerprint density at radius 3 is 2.15 bits per heavy atom. The number of nitrogens with zero attached hydrogens (tertiary/aromatic N) is 2. The van der Waals surface area contributed by atoms with Crippen molar-refractivity contribution in [2.45, 2.75) is 40.5 Å². The summed E-state index contributed by atoms with van der Waals surface area (Å²) >= 11 is 0. The van der Waals surface area contributed by atoms with Gasteiger partial charge in [0.15, 0.2) is 0 Å². The van der Waals surface area contributed by atoms with Crippen molar-refractivity contribution in [1.29, 1.82) is 5.26 Å². The lowest BCUT2D eigenvalue weighted by Crippen LogP contribution is -2.23. The van der Waals surface area contributed by atoms with Gasteiger partial charge in [0.2, 0.25) is 5.91 Å². The second kappa shape index (κ2) is 11.0. The maximum Gasteiger partial charge on any atom is 0.222 e. The lowest BCUT2D eigenvalue weighted by Gasteiger charge is -2.10. The van der Waals surface area contributed by atoms with Gasteiger partial charge in [0.1, 0.15) is 0 Å². The average Bonchev–Trinajstić information content (AvgIpc) is 2.56. The minimum absolute atomic E-state index is 0.326. The Kier molecular flexibility index (Phi) is 12.2. The van der Waals surface area contributed by atoms with E-state index in [2.05, 4.69) is 0 Å². The lowest BCUT2D eigenvalue weighted by atomic mass is 10.4. The molecule has 76 valence electrons. The summed E-state index contributed by atoms with van der Waals surface area (Å²) in [6.07, 6.45) is 1.83. The van der Waals surface area contributed by atoms with Crippen molar-refractivity contribution < 1.29 is 4.79 Å². The first-order valence-electron chi connectivity index (χ1n) is 4.84. The van der Waals surface area contributed by atoms with Gasteiger partial charge >= 0.3 is 0 Å². The SMILES string of the molecule is CC.CC#N.CCN1CCCC1=O. The fourth-order valence-corrected chi connectivity index (χ4v) is 1.04. The van der Waals surface area contributed by atoms with Gasteiger partial charge in [-0.25, -0.2) is 0 Å². The van der Waals surface area contributed by atoms with Crippen LogP contribution >= 0.6 is 0 Å². The van der Waals surface area contributed by atoms with Gasteiger partial charge in [-0.15, -0.1) is 0 Å². The van der Waals surface area contributed by atoms with Gasteiger partial charge in [0, 0.05) is 26.4 Å². The summed E-state index contributed by atoms with van der Waals surface area (Å²) in [5.41, 5.74) is 0. The summed E-state index contributed by atoms with van der Waals surface area (Å²) < 4.78 is 0. The molecule has 0 N–H and O–H groups in total. The number of rotatable bonds is 1. The maximum absolute atomic E-state index is 10.7. The van der Waals surface area contributed by atoms with Crippen molar-refractivity contribution in [3.63, 3.8) is 0 Å². The largest absolute Gasteiger partial charge is 0.343 e. The van der Waals surface area contributed by atoms with Crippen molar-refractivity contribution in [2.24, 2.45) is 0 Å². The van der Waals surface area contributed by atoms with Crippen LogP contribution in [-0.4, -0.2) is 23.9 Å². The third kappa shape index (κ3) is 7.32. The number of carbonyl (C=O) groups excluding carboxylic acids is 1. The van der Waals surface area contributed by atoms with Crippen LogP contribution in [0.2, 0.25) is 0 Å². The molecular weight excluding hydrogens is 164 g/mol. The molecule has 0 spiro atoms. The predicted octanol–water partition coefficient (Wildman–Crippen LogP) is 2.18. The van der Waals surface area contributed by atoms with Crippen LogP contribution in [0.5, 0.6) is 0 Å². The molecule has 13 heavy (non-hydrogen) atoms. The summed E-state index contributed by atoms with van der Waals surface area (Å²) in [5.74, 6) is 0.326. The van der Waals surface area contributed by atoms with Gasteiger partial charge in [0.25, 0.3) is 0 Å². The molecule has 1 rings (SSSR count). The van der Waals surface area contributed by atoms with E-state index in [1.165, 1.54) is 6.92 Å². The molecule has 1 aliphatic heterocycles. The fourth-order valence-electron chi connectivity index (χ4n) is 1.04. The minimum atomic E-state index is 0.326. The van der Waals surface area contributed by atoms with Gasteiger partial charge < -0.3 is 4.90 Å². The normalized spacial score (nSPS) is 13.5. The molecule has 0 saturated carbocycles. The third-order valence-corrected chi connectivity index (χ3v) is 1.55. The molecule has 0 aromatic carbocycles. The van der Waals surface area contributed by atoms with Crippen LogP contribution in [0.3, 0.4) is 0 Å². The van der Waals surface area contributed by atoms with Crippen molar-refractivity contribution in [2.75, 3.05) is 13.1 Å². The number of amides is 1. The zero-order chi connectivity index (χ0) is 10.7. The van der Waals surface area contributed by atoms with E-state index < -0.39 is 0 Å². The van der Waals surface area contributed by atoms with Crippen molar-refractivity contribution in [3.8, 4) is 6.07 Å². The number of likely N-dealkylation sites (tertiary alicyclic amines) is 1. The quantitative estimate of drug-likeness (QED) is 0.627. The van der Waals surface area contributed by atoms with Gasteiger partial charge in [-0.2, -0.15) is 5.26 Å². The minimum Gasteiger partial charge on any atom is -0.343 e. The van der Waals surface area contributed by atoms with Crippen LogP contribution in [0.4, 0.5) is 0 Å². The number of carbonyl (C=O) groups is 1. The molecule has 1 heterocycles. The summed E-state index contributed by atoms with van der Waals surface area (Å²) in [5, 5.41) is 7.32. The van der Waals surface area contributed by atoms with Gasteiger partial charge in [-0.05, 0) is 13.3 Å². The highest BCUT2D eigenvalue weighted by atomic mass is 16.2. The summed E-state index contributed by atoms with van der Waals surface area (Å²) in [6.45, 7) is 9.32. The lowest BCUT2D eigenvalue weighted by molar-refractivity contribution is -0.127. The molecule has 0 atom stereocenters. The topological polar surface area (TPSA) is 44.1 Å². The first kappa shape index (κ1) is 14.5. The molecule has 0 aromatic rings. The number of nitriles is 1. The van der Waals surface area contributed by atoms with Crippen LogP contribution in [0.15, 0.2) is 0 Å². The fraction of sp³-hybridized carbons (Fsp3) is 0.800. The second-order valence-corrected chi connectivity index (χ2v) is 2.30. The molecule has 1 amide bonds. The Labute approximate surface area is 81.3 Å². The molecular formula is C10H20N2O. The average molecular weight is 184 g/mol. The second-order valence-electron chi connectivity index (χ2n) is 2.30. The van der Waals surface area contributed by atoms with Crippen LogP contribution in [0, 0.1) is 11.3 Å². The molecule has 0 aromatic heterocycles. The maximum atomic E-state index is 10.7. The van der Waals surface area contributed by atoms with Crippen LogP contribution < -0.4 is 0 Å². The number of hydrogen-bond acceptors (Lipinski definition) is 2. The zero-order valence-electron chi connectivity index (χ0n) is 9.13. The zero-order valence-corrected chi connectivity index (χ0v) is 9.13. The van der Waals surface area contributed by atoms with E-state index in [0.29, 0.717) is 5.91 Å². The van der Waals surface area contributed by atoms with Crippen molar-refractivity contribution in [3.05, 3.63) is 0 Å². The van der Waals surface area contributed by atoms with E-state index in [0.717, 1.165) is 25.9 Å². The Balaban J connectivity index is 0. The highest BCUT2D eigenvalue weighted by Crippen LogP contribution is 2.07. The highest BCUT2D eigenvalue weighted by Gasteiger charge is 2.16. The summed E-state index contributed by atoms with van der Waals surface area (Å²) in [4.78, 5) is 12.6. The van der Waals surface area contributed by atoms with Crippen LogP contribution in [0.1, 0.15) is 40.5 Å². The molecule has 0 unspecified atom stereocenters. The van der Waals surface area contributed by atoms with E-state index in [-0.39, 0.29) is 0 Å². The third-order valence-electron chi connectivity index (χ3n) is 1.55. The van der Waals surface area contributed by atoms with E-state index in [9.17, 15) is 4.79 Å². The standard InChI is InChI=1S/C6H11NO.C2H3N.C2H6/c1-2-7-5-3-4-6(7)8;1-2-3;1-2/h2-5H2,1H3;1H3;1-2H3. The molecule has 1 saturated heterocycles. The van der Waals surface area contributed by atoms with Crippen molar-refractivity contribution >= 4 is 5.91 Å². The van der Waals surface area contributed by atoms with Crippen molar-refractivity contribution in [1.82, 2.24) is 4.90 Å². The summed E-state index contributed by atoms with van der Waals surface area (Å²) in [6, 6.07) is 1.75. The predicted molar refractivity (Wildman–Crippen MR) is 54.1 cm³/mol. The van der Waals surface area contributed by atoms with E-state index in [4.69, 9.17) is 5.26 Å². The van der Waals surface area contributed by atoms with E-state index >= 15 is 0 Å². The monoisotopic (exact) mass is 184 g/mol. The first-order valence-corrected chi connectivity index (χ1v) is 4.84. The smallest absolute Gasteiger partial charge is 0.222 e. The van der Waals surface area contributed by atoms with Gasteiger partial charge in [0.05, 0.1) is 6.07 Å². The Hall–Kier alpha value is -1.04. The summed E-state index contributed by atoms with van der Waals surface area (Å²) in [7, 11) is 0. The molecule has 3 nitrogen and oxygen atoms in total. The molecule has 1 aliphatic rings.